The molecule has 6 nitrogen and oxygen atoms in total. The second-order valence-corrected chi connectivity index (χ2v) is 6.30. The van der Waals surface area contributed by atoms with Crippen molar-refractivity contribution in [3.63, 3.8) is 0 Å². The largest absolute Gasteiger partial charge is 0.497 e. The van der Waals surface area contributed by atoms with Crippen LogP contribution in [0.2, 0.25) is 0 Å². The molecule has 1 aliphatic carbocycles. The Morgan fingerprint density at radius 3 is 2.44 bits per heavy atom. The molecule has 2 aromatic rings. The van der Waals surface area contributed by atoms with E-state index in [1.54, 1.807) is 37.6 Å². The molecule has 0 atom stereocenters. The second-order valence-electron chi connectivity index (χ2n) is 6.30. The van der Waals surface area contributed by atoms with Gasteiger partial charge in [-0.1, -0.05) is 0 Å². The van der Waals surface area contributed by atoms with Crippen molar-refractivity contribution in [3.8, 4) is 11.4 Å². The van der Waals surface area contributed by atoms with Gasteiger partial charge in [0, 0.05) is 24.0 Å². The van der Waals surface area contributed by atoms with Gasteiger partial charge in [0.1, 0.15) is 5.75 Å². The van der Waals surface area contributed by atoms with Gasteiger partial charge < -0.3 is 15.2 Å². The lowest BCUT2D eigenvalue weighted by atomic mass is 9.93. The third-order valence-corrected chi connectivity index (χ3v) is 4.56. The maximum absolute atomic E-state index is 12.5. The number of ether oxygens (including phenoxy) is 1. The number of carbonyl (C=O) groups excluding carboxylic acids is 1. The Morgan fingerprint density at radius 2 is 1.80 bits per heavy atom. The highest BCUT2D eigenvalue weighted by Gasteiger charge is 2.21. The predicted octanol–water partition coefficient (Wildman–Crippen LogP) is 1.88. The van der Waals surface area contributed by atoms with Gasteiger partial charge in [-0.05, 0) is 56.0 Å². The Hall–Kier alpha value is -2.60. The van der Waals surface area contributed by atoms with Crippen LogP contribution in [0.3, 0.4) is 0 Å². The molecule has 0 unspecified atom stereocenters. The highest BCUT2D eigenvalue weighted by atomic mass is 16.5. The van der Waals surface area contributed by atoms with E-state index >= 15 is 0 Å². The van der Waals surface area contributed by atoms with Gasteiger partial charge in [0.05, 0.1) is 18.8 Å². The first-order valence-corrected chi connectivity index (χ1v) is 8.43. The van der Waals surface area contributed by atoms with Crippen LogP contribution in [0.15, 0.2) is 47.4 Å². The molecule has 1 aromatic heterocycles. The van der Waals surface area contributed by atoms with E-state index < -0.39 is 0 Å². The van der Waals surface area contributed by atoms with Gasteiger partial charge in [-0.15, -0.1) is 0 Å². The number of carbonyl (C=O) groups is 1. The van der Waals surface area contributed by atoms with Crippen molar-refractivity contribution in [3.05, 3.63) is 58.5 Å². The molecule has 2 N–H and O–H groups in total. The van der Waals surface area contributed by atoms with E-state index in [1.165, 1.54) is 16.7 Å². The zero-order valence-electron chi connectivity index (χ0n) is 14.1. The quantitative estimate of drug-likeness (QED) is 0.889. The van der Waals surface area contributed by atoms with Crippen LogP contribution in [-0.4, -0.2) is 34.8 Å². The number of rotatable bonds is 4. The molecule has 0 spiro atoms. The first-order valence-electron chi connectivity index (χ1n) is 8.43. The first kappa shape index (κ1) is 17.2. The minimum absolute atomic E-state index is 0.0669. The zero-order valence-corrected chi connectivity index (χ0v) is 14.1. The van der Waals surface area contributed by atoms with Crippen molar-refractivity contribution in [1.82, 2.24) is 9.88 Å². The molecule has 0 radical (unpaired) electrons. The van der Waals surface area contributed by atoms with Crippen molar-refractivity contribution in [2.45, 2.75) is 37.8 Å². The first-order chi connectivity index (χ1) is 12.1. The summed E-state index contributed by atoms with van der Waals surface area (Å²) in [6.45, 7) is 0. The molecular formula is C19H22N2O4. The Balaban J connectivity index is 1.78. The zero-order chi connectivity index (χ0) is 17.8. The number of aliphatic hydroxyl groups is 1. The number of hydrogen-bond donors (Lipinski definition) is 2. The maximum atomic E-state index is 12.5. The fourth-order valence-corrected chi connectivity index (χ4v) is 3.05. The van der Waals surface area contributed by atoms with Crippen LogP contribution in [0.5, 0.6) is 5.75 Å². The topological polar surface area (TPSA) is 80.6 Å². The summed E-state index contributed by atoms with van der Waals surface area (Å²) in [6.07, 6.45) is 4.24. The van der Waals surface area contributed by atoms with Gasteiger partial charge in [-0.2, -0.15) is 0 Å². The summed E-state index contributed by atoms with van der Waals surface area (Å²) in [5, 5.41) is 12.5. The number of methoxy groups -OCH3 is 1. The highest BCUT2D eigenvalue weighted by molar-refractivity contribution is 5.94. The minimum Gasteiger partial charge on any atom is -0.497 e. The SMILES string of the molecule is COc1ccc(-n2cc(C(=O)NC3CCC(O)CC3)ccc2=O)cc1. The van der Waals surface area contributed by atoms with Crippen LogP contribution in [0.1, 0.15) is 36.0 Å². The molecule has 0 saturated heterocycles. The average Bonchev–Trinajstić information content (AvgIpc) is 2.64. The fraction of sp³-hybridized carbons (Fsp3) is 0.368. The summed E-state index contributed by atoms with van der Waals surface area (Å²) >= 11 is 0. The number of aromatic nitrogens is 1. The van der Waals surface area contributed by atoms with Crippen molar-refractivity contribution in [2.75, 3.05) is 7.11 Å². The van der Waals surface area contributed by atoms with Crippen LogP contribution in [0.4, 0.5) is 0 Å². The van der Waals surface area contributed by atoms with Crippen LogP contribution in [0, 0.1) is 0 Å². The maximum Gasteiger partial charge on any atom is 0.255 e. The van der Waals surface area contributed by atoms with E-state index in [1.807, 2.05) is 0 Å². The molecule has 1 heterocycles. The van der Waals surface area contributed by atoms with E-state index in [9.17, 15) is 14.7 Å². The van der Waals surface area contributed by atoms with Gasteiger partial charge in [0.2, 0.25) is 0 Å². The van der Waals surface area contributed by atoms with Crippen LogP contribution in [0.25, 0.3) is 5.69 Å². The summed E-state index contributed by atoms with van der Waals surface area (Å²) in [7, 11) is 1.58. The van der Waals surface area contributed by atoms with E-state index in [4.69, 9.17) is 4.74 Å². The number of amides is 1. The molecule has 25 heavy (non-hydrogen) atoms. The number of nitrogens with one attached hydrogen (secondary N) is 1. The summed E-state index contributed by atoms with van der Waals surface area (Å²) in [6, 6.07) is 10.1. The van der Waals surface area contributed by atoms with Crippen LogP contribution >= 0.6 is 0 Å². The van der Waals surface area contributed by atoms with Gasteiger partial charge >= 0.3 is 0 Å². The fourth-order valence-electron chi connectivity index (χ4n) is 3.05. The molecule has 1 saturated carbocycles. The third-order valence-electron chi connectivity index (χ3n) is 4.56. The summed E-state index contributed by atoms with van der Waals surface area (Å²) in [5.41, 5.74) is 0.894. The number of pyridine rings is 1. The summed E-state index contributed by atoms with van der Waals surface area (Å²) in [5.74, 6) is 0.494. The second kappa shape index (κ2) is 7.53. The van der Waals surface area contributed by atoms with Crippen LogP contribution in [-0.2, 0) is 0 Å². The molecule has 6 heteroatoms. The Kier molecular flexibility index (Phi) is 5.19. The minimum atomic E-state index is -0.259. The van der Waals surface area contributed by atoms with E-state index in [2.05, 4.69) is 5.32 Å². The predicted molar refractivity (Wildman–Crippen MR) is 94.3 cm³/mol. The standard InChI is InChI=1S/C19H22N2O4/c1-25-17-9-5-15(6-10-17)21-12-13(2-11-18(21)23)19(24)20-14-3-7-16(22)8-4-14/h2,5-6,9-12,14,16,22H,3-4,7-8H2,1H3,(H,20,24). The van der Waals surface area contributed by atoms with Crippen LogP contribution < -0.4 is 15.6 Å². The molecule has 3 rings (SSSR count). The van der Waals surface area contributed by atoms with Crippen molar-refractivity contribution in [2.24, 2.45) is 0 Å². The molecule has 1 aliphatic rings. The molecular weight excluding hydrogens is 320 g/mol. The van der Waals surface area contributed by atoms with E-state index in [0.717, 1.165) is 12.8 Å². The average molecular weight is 342 g/mol. The Labute approximate surface area is 146 Å². The molecule has 0 bridgehead atoms. The Bertz CT molecular complexity index is 790. The lowest BCUT2D eigenvalue weighted by molar-refractivity contribution is 0.0867. The lowest BCUT2D eigenvalue weighted by Crippen LogP contribution is -2.39. The number of benzene rings is 1. The molecule has 0 aliphatic heterocycles. The van der Waals surface area contributed by atoms with Gasteiger partial charge in [0.15, 0.2) is 0 Å². The Morgan fingerprint density at radius 1 is 1.12 bits per heavy atom. The highest BCUT2D eigenvalue weighted by Crippen LogP contribution is 2.19. The summed E-state index contributed by atoms with van der Waals surface area (Å²) in [4.78, 5) is 24.6. The smallest absolute Gasteiger partial charge is 0.255 e. The molecule has 1 aromatic carbocycles. The summed E-state index contributed by atoms with van der Waals surface area (Å²) < 4.78 is 6.56. The van der Waals surface area contributed by atoms with Crippen molar-refractivity contribution < 1.29 is 14.6 Å². The number of hydrogen-bond acceptors (Lipinski definition) is 4. The van der Waals surface area contributed by atoms with E-state index in [0.29, 0.717) is 29.8 Å². The van der Waals surface area contributed by atoms with Gasteiger partial charge in [-0.25, -0.2) is 0 Å². The van der Waals surface area contributed by atoms with Gasteiger partial charge in [0.25, 0.3) is 11.5 Å². The van der Waals surface area contributed by atoms with Gasteiger partial charge in [-0.3, -0.25) is 14.2 Å². The number of aliphatic hydroxyl groups excluding tert-OH is 1. The van der Waals surface area contributed by atoms with E-state index in [-0.39, 0.29) is 23.6 Å². The monoisotopic (exact) mass is 342 g/mol. The third kappa shape index (κ3) is 4.09. The van der Waals surface area contributed by atoms with Crippen molar-refractivity contribution in [1.29, 1.82) is 0 Å². The van der Waals surface area contributed by atoms with Crippen molar-refractivity contribution >= 4 is 5.91 Å². The molecule has 1 fully saturated rings. The number of nitrogens with zero attached hydrogens (tertiary/aromatic N) is 1. The molecule has 1 amide bonds. The normalized spacial score (nSPS) is 20.1. The molecule has 132 valence electrons. The lowest BCUT2D eigenvalue weighted by Gasteiger charge is -2.26.